The molecule has 0 saturated carbocycles. The third-order valence-corrected chi connectivity index (χ3v) is 5.06. The van der Waals surface area contributed by atoms with Gasteiger partial charge in [0.15, 0.2) is 11.5 Å². The van der Waals surface area contributed by atoms with Crippen molar-refractivity contribution < 1.29 is 23.4 Å². The van der Waals surface area contributed by atoms with Gasteiger partial charge < -0.3 is 18.6 Å². The van der Waals surface area contributed by atoms with Gasteiger partial charge in [-0.3, -0.25) is 0 Å². The molecular weight excluding hydrogens is 396 g/mol. The largest absolute Gasteiger partial charge is 0.493 e. The van der Waals surface area contributed by atoms with E-state index in [4.69, 9.17) is 18.6 Å². The summed E-state index contributed by atoms with van der Waals surface area (Å²) >= 11 is 0. The summed E-state index contributed by atoms with van der Waals surface area (Å²) in [6.45, 7) is 8.72. The van der Waals surface area contributed by atoms with Gasteiger partial charge in [-0.2, -0.15) is 0 Å². The fourth-order valence-corrected chi connectivity index (χ4v) is 3.49. The van der Waals surface area contributed by atoms with Crippen molar-refractivity contribution in [3.05, 3.63) is 69.1 Å². The maximum absolute atomic E-state index is 12.6. The van der Waals surface area contributed by atoms with Gasteiger partial charge in [-0.15, -0.1) is 0 Å². The Labute approximate surface area is 181 Å². The van der Waals surface area contributed by atoms with E-state index in [1.54, 1.807) is 18.2 Å². The van der Waals surface area contributed by atoms with Gasteiger partial charge in [0, 0.05) is 17.0 Å². The van der Waals surface area contributed by atoms with Gasteiger partial charge in [0.25, 0.3) is 0 Å². The van der Waals surface area contributed by atoms with Crippen LogP contribution in [-0.4, -0.2) is 19.7 Å². The lowest BCUT2D eigenvalue weighted by atomic mass is 9.95. The molecule has 31 heavy (non-hydrogen) atoms. The maximum Gasteiger partial charge on any atom is 0.338 e. The van der Waals surface area contributed by atoms with Gasteiger partial charge in [-0.1, -0.05) is 20.8 Å². The lowest BCUT2D eigenvalue weighted by Gasteiger charge is -2.14. The van der Waals surface area contributed by atoms with E-state index in [1.165, 1.54) is 13.2 Å². The summed E-state index contributed by atoms with van der Waals surface area (Å²) < 4.78 is 21.8. The summed E-state index contributed by atoms with van der Waals surface area (Å²) in [4.78, 5) is 24.7. The van der Waals surface area contributed by atoms with Crippen LogP contribution in [0.1, 0.15) is 60.2 Å². The summed E-state index contributed by atoms with van der Waals surface area (Å²) in [7, 11) is 1.52. The van der Waals surface area contributed by atoms with Crippen LogP contribution in [-0.2, 0) is 11.3 Å². The Hall–Kier alpha value is -3.28. The van der Waals surface area contributed by atoms with E-state index >= 15 is 0 Å². The summed E-state index contributed by atoms with van der Waals surface area (Å²) in [5.41, 5.74) is 3.16. The Kier molecular flexibility index (Phi) is 7.00. The molecule has 3 aromatic rings. The van der Waals surface area contributed by atoms with Crippen molar-refractivity contribution in [1.82, 2.24) is 0 Å². The molecule has 0 fully saturated rings. The van der Waals surface area contributed by atoms with Gasteiger partial charge in [-0.05, 0) is 60.7 Å². The molecule has 0 N–H and O–H groups in total. The van der Waals surface area contributed by atoms with E-state index < -0.39 is 11.6 Å². The van der Waals surface area contributed by atoms with Crippen molar-refractivity contribution in [3.63, 3.8) is 0 Å². The molecule has 6 nitrogen and oxygen atoms in total. The van der Waals surface area contributed by atoms with E-state index in [2.05, 4.69) is 13.8 Å². The summed E-state index contributed by atoms with van der Waals surface area (Å²) in [6.07, 6.45) is 0.865. The predicted octanol–water partition coefficient (Wildman–Crippen LogP) is 5.38. The van der Waals surface area contributed by atoms with Crippen LogP contribution in [0.3, 0.4) is 0 Å². The average molecular weight is 424 g/mol. The highest BCUT2D eigenvalue weighted by molar-refractivity contribution is 5.90. The van der Waals surface area contributed by atoms with Gasteiger partial charge in [0.2, 0.25) is 0 Å². The topological polar surface area (TPSA) is 75.0 Å². The van der Waals surface area contributed by atoms with Crippen molar-refractivity contribution in [1.29, 1.82) is 0 Å². The molecule has 0 aliphatic rings. The van der Waals surface area contributed by atoms with Crippen LogP contribution >= 0.6 is 0 Å². The Bertz CT molecular complexity index is 1140. The first-order valence-electron chi connectivity index (χ1n) is 10.4. The fourth-order valence-electron chi connectivity index (χ4n) is 3.49. The number of carbonyl (C=O) groups is 1. The first-order valence-corrected chi connectivity index (χ1v) is 10.4. The minimum absolute atomic E-state index is 0.0437. The van der Waals surface area contributed by atoms with E-state index in [0.29, 0.717) is 40.7 Å². The second-order valence-electron chi connectivity index (χ2n) is 7.74. The quantitative estimate of drug-likeness (QED) is 0.357. The van der Waals surface area contributed by atoms with Crippen LogP contribution < -0.4 is 15.1 Å². The summed E-state index contributed by atoms with van der Waals surface area (Å²) in [6, 6.07) is 10.1. The lowest BCUT2D eigenvalue weighted by Crippen LogP contribution is -2.09. The standard InChI is InChI=1S/C25H28O6/c1-6-9-29-21-8-7-17(11-23(21)28-5)25(27)30-14-18-12-24(26)31-22-10-16(4)19(15(2)3)13-20(18)22/h7-8,10-13,15H,6,9,14H2,1-5H3. The first-order chi connectivity index (χ1) is 14.8. The summed E-state index contributed by atoms with van der Waals surface area (Å²) in [5, 5.41) is 0.766. The number of ether oxygens (including phenoxy) is 3. The molecule has 3 rings (SSSR count). The summed E-state index contributed by atoms with van der Waals surface area (Å²) in [5.74, 6) is 0.834. The number of rotatable bonds is 8. The molecule has 0 aliphatic carbocycles. The third kappa shape index (κ3) is 5.08. The first kappa shape index (κ1) is 22.4. The molecule has 0 spiro atoms. The number of methoxy groups -OCH3 is 1. The van der Waals surface area contributed by atoms with Crippen molar-refractivity contribution in [2.24, 2.45) is 0 Å². The number of hydrogen-bond donors (Lipinski definition) is 0. The molecule has 164 valence electrons. The van der Waals surface area contributed by atoms with Crippen LogP contribution in [0.2, 0.25) is 0 Å². The molecular formula is C25H28O6. The lowest BCUT2D eigenvalue weighted by molar-refractivity contribution is 0.0473. The SMILES string of the molecule is CCCOc1ccc(C(=O)OCc2cc(=O)oc3cc(C)c(C(C)C)cc23)cc1OC. The Morgan fingerprint density at radius 1 is 1.10 bits per heavy atom. The van der Waals surface area contributed by atoms with Gasteiger partial charge in [0.05, 0.1) is 19.3 Å². The highest BCUT2D eigenvalue weighted by Crippen LogP contribution is 2.29. The monoisotopic (exact) mass is 424 g/mol. The van der Waals surface area contributed by atoms with Gasteiger partial charge in [-0.25, -0.2) is 9.59 Å². The zero-order valence-corrected chi connectivity index (χ0v) is 18.6. The molecule has 1 aromatic heterocycles. The highest BCUT2D eigenvalue weighted by Gasteiger charge is 2.15. The zero-order valence-electron chi connectivity index (χ0n) is 18.6. The molecule has 0 bridgehead atoms. The Morgan fingerprint density at radius 3 is 2.55 bits per heavy atom. The van der Waals surface area contributed by atoms with Crippen LogP contribution in [0.4, 0.5) is 0 Å². The normalized spacial score (nSPS) is 11.0. The highest BCUT2D eigenvalue weighted by atomic mass is 16.5. The number of aryl methyl sites for hydroxylation is 1. The minimum atomic E-state index is -0.516. The Balaban J connectivity index is 1.86. The maximum atomic E-state index is 12.6. The molecule has 0 atom stereocenters. The molecule has 2 aromatic carbocycles. The second kappa shape index (κ2) is 9.69. The fraction of sp³-hybridized carbons (Fsp3) is 0.360. The van der Waals surface area contributed by atoms with Crippen molar-refractivity contribution in [2.45, 2.75) is 46.6 Å². The van der Waals surface area contributed by atoms with Crippen molar-refractivity contribution >= 4 is 16.9 Å². The van der Waals surface area contributed by atoms with Gasteiger partial charge >= 0.3 is 11.6 Å². The van der Waals surface area contributed by atoms with Crippen molar-refractivity contribution in [3.8, 4) is 11.5 Å². The van der Waals surface area contributed by atoms with Crippen LogP contribution in [0.25, 0.3) is 11.0 Å². The molecule has 0 saturated heterocycles. The molecule has 0 unspecified atom stereocenters. The minimum Gasteiger partial charge on any atom is -0.493 e. The number of fused-ring (bicyclic) bond motifs is 1. The van der Waals surface area contributed by atoms with Crippen LogP contribution in [0, 0.1) is 6.92 Å². The van der Waals surface area contributed by atoms with Crippen LogP contribution in [0.5, 0.6) is 11.5 Å². The number of benzene rings is 2. The van der Waals surface area contributed by atoms with Crippen LogP contribution in [0.15, 0.2) is 45.6 Å². The van der Waals surface area contributed by atoms with E-state index in [0.717, 1.165) is 22.9 Å². The third-order valence-electron chi connectivity index (χ3n) is 5.06. The molecule has 0 amide bonds. The Morgan fingerprint density at radius 2 is 1.87 bits per heavy atom. The van der Waals surface area contributed by atoms with Crippen molar-refractivity contribution in [2.75, 3.05) is 13.7 Å². The predicted molar refractivity (Wildman–Crippen MR) is 119 cm³/mol. The number of hydrogen-bond acceptors (Lipinski definition) is 6. The van der Waals surface area contributed by atoms with E-state index in [-0.39, 0.29) is 6.61 Å². The number of esters is 1. The molecule has 0 radical (unpaired) electrons. The second-order valence-corrected chi connectivity index (χ2v) is 7.74. The molecule has 1 heterocycles. The average Bonchev–Trinajstić information content (AvgIpc) is 2.74. The van der Waals surface area contributed by atoms with E-state index in [1.807, 2.05) is 26.0 Å². The van der Waals surface area contributed by atoms with Gasteiger partial charge in [0.1, 0.15) is 12.2 Å². The van der Waals surface area contributed by atoms with E-state index in [9.17, 15) is 9.59 Å². The number of carbonyl (C=O) groups excluding carboxylic acids is 1. The molecule has 6 heteroatoms. The smallest absolute Gasteiger partial charge is 0.338 e. The molecule has 0 aliphatic heterocycles. The zero-order chi connectivity index (χ0) is 22.5.